The Bertz CT molecular complexity index is 1190. The molecule has 7 atom stereocenters. The van der Waals surface area contributed by atoms with Crippen molar-refractivity contribution in [3.63, 3.8) is 0 Å². The van der Waals surface area contributed by atoms with Crippen LogP contribution >= 0.6 is 0 Å². The van der Waals surface area contributed by atoms with E-state index in [1.165, 1.54) is 0 Å². The summed E-state index contributed by atoms with van der Waals surface area (Å²) in [5, 5.41) is 3.14. The van der Waals surface area contributed by atoms with Crippen LogP contribution in [-0.2, 0) is 16.1 Å². The van der Waals surface area contributed by atoms with E-state index in [0.29, 0.717) is 35.8 Å². The van der Waals surface area contributed by atoms with Gasteiger partial charge in [-0.05, 0) is 79.9 Å². The van der Waals surface area contributed by atoms with Gasteiger partial charge in [-0.1, -0.05) is 13.8 Å². The van der Waals surface area contributed by atoms with Crippen LogP contribution in [0.1, 0.15) is 58.2 Å². The summed E-state index contributed by atoms with van der Waals surface area (Å²) in [6, 6.07) is 3.84. The molecule has 3 aliphatic carbocycles. The highest BCUT2D eigenvalue weighted by Gasteiger charge is 2.62. The molecule has 6 rings (SSSR count). The van der Waals surface area contributed by atoms with Crippen molar-refractivity contribution < 1.29 is 14.0 Å². The number of fused-ring (bicyclic) bond motifs is 6. The maximum absolute atomic E-state index is 14.6. The minimum atomic E-state index is -0.607. The third-order valence-corrected chi connectivity index (χ3v) is 10.2. The first-order valence-electron chi connectivity index (χ1n) is 12.9. The van der Waals surface area contributed by atoms with Crippen LogP contribution in [0.5, 0.6) is 0 Å². The highest BCUT2D eigenvalue weighted by atomic mass is 19.1. The van der Waals surface area contributed by atoms with Crippen molar-refractivity contribution in [2.75, 3.05) is 7.05 Å². The van der Waals surface area contributed by atoms with Crippen molar-refractivity contribution in [2.24, 2.45) is 34.5 Å². The zero-order valence-electron chi connectivity index (χ0n) is 20.7. The Hall–Kier alpha value is -2.77. The van der Waals surface area contributed by atoms with Gasteiger partial charge in [0.15, 0.2) is 11.5 Å². The number of likely N-dealkylation sites (N-methyl/N-ethyl adjacent to an activating group) is 1. The van der Waals surface area contributed by atoms with Gasteiger partial charge in [-0.25, -0.2) is 14.4 Å². The van der Waals surface area contributed by atoms with E-state index in [0.717, 1.165) is 44.0 Å². The predicted molar refractivity (Wildman–Crippen MR) is 129 cm³/mol. The fourth-order valence-corrected chi connectivity index (χ4v) is 8.53. The Morgan fingerprint density at radius 3 is 2.86 bits per heavy atom. The van der Waals surface area contributed by atoms with Crippen LogP contribution in [-0.4, -0.2) is 44.8 Å². The highest BCUT2D eigenvalue weighted by Crippen LogP contribution is 2.65. The summed E-state index contributed by atoms with van der Waals surface area (Å²) in [6.45, 7) is 4.82. The van der Waals surface area contributed by atoms with E-state index >= 15 is 0 Å². The van der Waals surface area contributed by atoms with Gasteiger partial charge in [0.2, 0.25) is 5.91 Å². The number of amides is 2. The van der Waals surface area contributed by atoms with Gasteiger partial charge in [0, 0.05) is 30.6 Å². The Morgan fingerprint density at radius 2 is 2.06 bits per heavy atom. The summed E-state index contributed by atoms with van der Waals surface area (Å²) in [4.78, 5) is 39.3. The number of carbonyl (C=O) groups excluding carboxylic acids is 2. The Kier molecular flexibility index (Phi) is 5.10. The number of rotatable bonds is 3. The lowest BCUT2D eigenvalue weighted by molar-refractivity contribution is -0.145. The average molecular weight is 480 g/mol. The number of aromatic nitrogens is 3. The smallest absolute Gasteiger partial charge is 0.282 e. The van der Waals surface area contributed by atoms with Crippen molar-refractivity contribution in [1.82, 2.24) is 25.2 Å². The molecule has 0 bridgehead atoms. The topological polar surface area (TPSA) is 91.0 Å². The molecule has 0 spiro atoms. The largest absolute Gasteiger partial charge is 0.349 e. The SMILES string of the molecule is CN1C(=O)C(F)=C[C@]2(C)C3CC[C@]4(C)[C@@H](C(=O)NCc5nc6ncccc6[nH]5)CC[C@H]4[C@@H]3CC[C@@H]12. The fourth-order valence-electron chi connectivity index (χ4n) is 8.53. The molecular formula is C27H34FN5O2. The van der Waals surface area contributed by atoms with E-state index in [4.69, 9.17) is 0 Å². The summed E-state index contributed by atoms with van der Waals surface area (Å²) >= 11 is 0. The van der Waals surface area contributed by atoms with Gasteiger partial charge in [-0.2, -0.15) is 0 Å². The summed E-state index contributed by atoms with van der Waals surface area (Å²) in [6.07, 6.45) is 9.14. The zero-order valence-corrected chi connectivity index (χ0v) is 20.7. The fraction of sp³-hybridized carbons (Fsp3) is 0.630. The number of halogens is 1. The number of carbonyl (C=O) groups is 2. The lowest BCUT2D eigenvalue weighted by atomic mass is 9.47. The molecule has 0 saturated heterocycles. The summed E-state index contributed by atoms with van der Waals surface area (Å²) in [5.74, 6) is 0.954. The first kappa shape index (κ1) is 22.7. The van der Waals surface area contributed by atoms with E-state index in [1.807, 2.05) is 12.1 Å². The third-order valence-electron chi connectivity index (χ3n) is 10.2. The number of hydrogen-bond donors (Lipinski definition) is 2. The summed E-state index contributed by atoms with van der Waals surface area (Å²) < 4.78 is 14.6. The molecule has 0 aromatic carbocycles. The normalized spacial score (nSPS) is 38.5. The lowest BCUT2D eigenvalue weighted by Gasteiger charge is -2.60. The minimum Gasteiger partial charge on any atom is -0.349 e. The lowest BCUT2D eigenvalue weighted by Crippen LogP contribution is -2.60. The number of hydrogen-bond acceptors (Lipinski definition) is 4. The minimum absolute atomic E-state index is 0.0237. The van der Waals surface area contributed by atoms with Crippen LogP contribution in [0.25, 0.3) is 11.2 Å². The molecule has 2 aromatic rings. The van der Waals surface area contributed by atoms with Gasteiger partial charge < -0.3 is 15.2 Å². The second kappa shape index (κ2) is 7.87. The van der Waals surface area contributed by atoms with Crippen LogP contribution in [0, 0.1) is 34.5 Å². The Morgan fingerprint density at radius 1 is 1.23 bits per heavy atom. The summed E-state index contributed by atoms with van der Waals surface area (Å²) in [7, 11) is 1.75. The number of H-pyrrole nitrogens is 1. The van der Waals surface area contributed by atoms with E-state index in [2.05, 4.69) is 34.1 Å². The monoisotopic (exact) mass is 479 g/mol. The zero-order chi connectivity index (χ0) is 24.5. The molecular weight excluding hydrogens is 445 g/mol. The first-order chi connectivity index (χ1) is 16.7. The predicted octanol–water partition coefficient (Wildman–Crippen LogP) is 4.13. The standard InChI is InChI=1S/C27H34FN5O2/c1-26-11-10-17-15(6-9-21-27(17,2)13-19(28)25(35)33(21)3)16(26)7-8-18(26)24(34)30-14-22-31-20-5-4-12-29-23(20)32-22/h4-5,12-13,15-18,21H,6-11,14H2,1-3H3,(H,30,34)(H,29,31,32)/t15-,16-,17?,18+,21+,26-,27+/m0/s1. The Labute approximate surface area is 205 Å². The second-order valence-corrected chi connectivity index (χ2v) is 11.7. The molecule has 4 aliphatic rings. The molecule has 186 valence electrons. The molecule has 7 nitrogen and oxygen atoms in total. The molecule has 1 unspecified atom stereocenters. The van der Waals surface area contributed by atoms with Gasteiger partial charge in [-0.15, -0.1) is 0 Å². The van der Waals surface area contributed by atoms with Gasteiger partial charge in [0.1, 0.15) is 5.82 Å². The summed E-state index contributed by atoms with van der Waals surface area (Å²) in [5.41, 5.74) is 1.13. The quantitative estimate of drug-likeness (QED) is 0.693. The molecule has 3 fully saturated rings. The maximum Gasteiger partial charge on any atom is 0.282 e. The molecule has 8 heteroatoms. The van der Waals surface area contributed by atoms with Crippen molar-refractivity contribution in [3.8, 4) is 0 Å². The molecule has 2 aromatic heterocycles. The molecule has 0 radical (unpaired) electrons. The van der Waals surface area contributed by atoms with E-state index < -0.39 is 11.7 Å². The van der Waals surface area contributed by atoms with E-state index in [-0.39, 0.29) is 28.7 Å². The van der Waals surface area contributed by atoms with Gasteiger partial charge >= 0.3 is 0 Å². The van der Waals surface area contributed by atoms with Crippen molar-refractivity contribution in [1.29, 1.82) is 0 Å². The second-order valence-electron chi connectivity index (χ2n) is 11.7. The molecule has 35 heavy (non-hydrogen) atoms. The van der Waals surface area contributed by atoms with E-state index in [9.17, 15) is 14.0 Å². The van der Waals surface area contributed by atoms with E-state index in [1.54, 1.807) is 24.2 Å². The van der Waals surface area contributed by atoms with Crippen LogP contribution in [0.2, 0.25) is 0 Å². The average Bonchev–Trinajstić information content (AvgIpc) is 3.41. The van der Waals surface area contributed by atoms with Gasteiger partial charge in [-0.3, -0.25) is 9.59 Å². The van der Waals surface area contributed by atoms with Crippen molar-refractivity contribution >= 4 is 23.0 Å². The number of aromatic amines is 1. The molecule has 2 N–H and O–H groups in total. The molecule has 2 amide bonds. The highest BCUT2D eigenvalue weighted by molar-refractivity contribution is 5.92. The number of nitrogens with one attached hydrogen (secondary N) is 2. The molecule has 1 aliphatic heterocycles. The number of pyridine rings is 1. The van der Waals surface area contributed by atoms with Crippen LogP contribution in [0.15, 0.2) is 30.2 Å². The third kappa shape index (κ3) is 3.28. The number of imidazole rings is 1. The van der Waals surface area contributed by atoms with Crippen LogP contribution in [0.4, 0.5) is 4.39 Å². The first-order valence-corrected chi connectivity index (χ1v) is 12.9. The maximum atomic E-state index is 14.6. The van der Waals surface area contributed by atoms with Gasteiger partial charge in [0.05, 0.1) is 12.1 Å². The van der Waals surface area contributed by atoms with Crippen LogP contribution < -0.4 is 5.32 Å². The molecule has 3 saturated carbocycles. The molecule has 3 heterocycles. The van der Waals surface area contributed by atoms with Crippen LogP contribution in [0.3, 0.4) is 0 Å². The van der Waals surface area contributed by atoms with Crippen molar-refractivity contribution in [3.05, 3.63) is 36.1 Å². The Balaban J connectivity index is 1.19. The van der Waals surface area contributed by atoms with Crippen molar-refractivity contribution in [2.45, 2.75) is 65.0 Å². The van der Waals surface area contributed by atoms with Gasteiger partial charge in [0.25, 0.3) is 5.91 Å². The number of nitrogens with zero attached hydrogens (tertiary/aromatic N) is 3.